The summed E-state index contributed by atoms with van der Waals surface area (Å²) in [5.74, 6) is -1.67. The number of anilines is 1. The molecular formula is C25H21ClF4N4O4. The molecule has 0 radical (unpaired) electrons. The lowest BCUT2D eigenvalue weighted by atomic mass is 10.1. The molecule has 0 aliphatic heterocycles. The van der Waals surface area contributed by atoms with Crippen molar-refractivity contribution in [2.45, 2.75) is 19.6 Å². The molecule has 0 unspecified atom stereocenters. The van der Waals surface area contributed by atoms with E-state index < -0.39 is 35.9 Å². The molecule has 13 heteroatoms. The van der Waals surface area contributed by atoms with Gasteiger partial charge < -0.3 is 24.5 Å². The van der Waals surface area contributed by atoms with Crippen LogP contribution in [0.5, 0.6) is 11.5 Å². The van der Waals surface area contributed by atoms with E-state index in [4.69, 9.17) is 21.1 Å². The van der Waals surface area contributed by atoms with Crippen LogP contribution in [-0.4, -0.2) is 52.0 Å². The Labute approximate surface area is 218 Å². The van der Waals surface area contributed by atoms with Crippen LogP contribution in [-0.2, 0) is 6.54 Å². The highest BCUT2D eigenvalue weighted by Gasteiger charge is 2.30. The number of nitrogens with one attached hydrogen (secondary N) is 1. The number of fused-ring (bicyclic) bond motifs is 1. The Morgan fingerprint density at radius 3 is 2.58 bits per heavy atom. The van der Waals surface area contributed by atoms with Crippen molar-refractivity contribution in [3.05, 3.63) is 64.8 Å². The third-order valence-electron chi connectivity index (χ3n) is 5.64. The predicted octanol–water partition coefficient (Wildman–Crippen LogP) is 5.96. The van der Waals surface area contributed by atoms with Crippen molar-refractivity contribution < 1.29 is 36.9 Å². The zero-order chi connectivity index (χ0) is 27.6. The second-order valence-corrected chi connectivity index (χ2v) is 8.64. The van der Waals surface area contributed by atoms with Crippen molar-refractivity contribution >= 4 is 34.3 Å². The van der Waals surface area contributed by atoms with Crippen LogP contribution >= 0.6 is 11.6 Å². The van der Waals surface area contributed by atoms with Gasteiger partial charge in [-0.15, -0.1) is 0 Å². The number of aryl methyl sites for hydroxylation is 1. The number of carboxylic acid groups (broad SMARTS) is 1. The highest BCUT2D eigenvalue weighted by molar-refractivity contribution is 6.34. The van der Waals surface area contributed by atoms with Gasteiger partial charge in [0.15, 0.2) is 6.61 Å². The molecule has 4 rings (SSSR count). The van der Waals surface area contributed by atoms with Crippen LogP contribution in [0.4, 0.5) is 23.4 Å². The fourth-order valence-corrected chi connectivity index (χ4v) is 4.30. The summed E-state index contributed by atoms with van der Waals surface area (Å²) in [7, 11) is 1.48. The predicted molar refractivity (Wildman–Crippen MR) is 133 cm³/mol. The molecule has 0 aliphatic carbocycles. The highest BCUT2D eigenvalue weighted by Crippen LogP contribution is 2.34. The third kappa shape index (κ3) is 5.91. The number of benzene rings is 2. The number of carbonyl (C=O) groups is 1. The molecule has 8 nitrogen and oxygen atoms in total. The van der Waals surface area contributed by atoms with Gasteiger partial charge in [0, 0.05) is 41.9 Å². The number of aromatic carboxylic acids is 1. The molecule has 0 aliphatic rings. The summed E-state index contributed by atoms with van der Waals surface area (Å²) < 4.78 is 64.0. The van der Waals surface area contributed by atoms with Crippen molar-refractivity contribution in [2.75, 3.05) is 25.6 Å². The summed E-state index contributed by atoms with van der Waals surface area (Å²) in [6.45, 7) is 1.05. The van der Waals surface area contributed by atoms with Crippen LogP contribution in [0.25, 0.3) is 22.2 Å². The number of hydrogen-bond donors (Lipinski definition) is 2. The van der Waals surface area contributed by atoms with E-state index in [1.807, 2.05) is 17.6 Å². The smallest absolute Gasteiger partial charge is 0.422 e. The molecule has 2 N–H and O–H groups in total. The maximum atomic E-state index is 14.1. The maximum Gasteiger partial charge on any atom is 0.422 e. The molecule has 0 saturated heterocycles. The molecular weight excluding hydrogens is 532 g/mol. The Kier molecular flexibility index (Phi) is 7.63. The average Bonchev–Trinajstić information content (AvgIpc) is 3.16. The summed E-state index contributed by atoms with van der Waals surface area (Å²) in [6.07, 6.45) is -3.44. The Hall–Kier alpha value is -4.06. The van der Waals surface area contributed by atoms with E-state index in [9.17, 15) is 27.5 Å². The van der Waals surface area contributed by atoms with Crippen LogP contribution in [0.3, 0.4) is 0 Å². The van der Waals surface area contributed by atoms with Crippen LogP contribution in [0.1, 0.15) is 16.1 Å². The first-order valence-corrected chi connectivity index (χ1v) is 11.5. The van der Waals surface area contributed by atoms with Gasteiger partial charge in [-0.05, 0) is 31.2 Å². The molecule has 0 amide bonds. The van der Waals surface area contributed by atoms with E-state index in [2.05, 4.69) is 15.3 Å². The van der Waals surface area contributed by atoms with Gasteiger partial charge in [-0.25, -0.2) is 19.2 Å². The van der Waals surface area contributed by atoms with E-state index in [0.29, 0.717) is 30.2 Å². The number of aromatic nitrogens is 3. The topological polar surface area (TPSA) is 98.5 Å². The van der Waals surface area contributed by atoms with Gasteiger partial charge in [0.25, 0.3) is 0 Å². The second kappa shape index (κ2) is 10.7. The van der Waals surface area contributed by atoms with Crippen molar-refractivity contribution in [3.63, 3.8) is 0 Å². The number of methoxy groups -OCH3 is 1. The molecule has 0 saturated carbocycles. The molecule has 4 aromatic rings. The first kappa shape index (κ1) is 27.0. The molecule has 2 aromatic heterocycles. The van der Waals surface area contributed by atoms with Gasteiger partial charge in [0.1, 0.15) is 35.0 Å². The van der Waals surface area contributed by atoms with Gasteiger partial charge >= 0.3 is 12.1 Å². The first-order chi connectivity index (χ1) is 18.0. The Bertz CT molecular complexity index is 1510. The first-order valence-electron chi connectivity index (χ1n) is 11.1. The van der Waals surface area contributed by atoms with E-state index in [1.54, 1.807) is 0 Å². The minimum atomic E-state index is -4.68. The lowest BCUT2D eigenvalue weighted by Gasteiger charge is -2.14. The molecule has 38 heavy (non-hydrogen) atoms. The fourth-order valence-electron chi connectivity index (χ4n) is 4.01. The molecule has 2 heterocycles. The van der Waals surface area contributed by atoms with Crippen LogP contribution in [0, 0.1) is 12.7 Å². The van der Waals surface area contributed by atoms with Crippen molar-refractivity contribution in [3.8, 4) is 22.8 Å². The maximum absolute atomic E-state index is 14.1. The Morgan fingerprint density at radius 1 is 1.13 bits per heavy atom. The molecule has 0 atom stereocenters. The minimum Gasteiger partial charge on any atom is -0.496 e. The number of hydrogen-bond acceptors (Lipinski definition) is 6. The van der Waals surface area contributed by atoms with E-state index >= 15 is 0 Å². The van der Waals surface area contributed by atoms with Crippen LogP contribution < -0.4 is 14.8 Å². The molecule has 0 fully saturated rings. The second-order valence-electron chi connectivity index (χ2n) is 8.23. The lowest BCUT2D eigenvalue weighted by Crippen LogP contribution is -2.20. The number of carboxylic acids is 1. The number of halogens is 5. The van der Waals surface area contributed by atoms with E-state index in [-0.39, 0.29) is 16.3 Å². The number of rotatable bonds is 9. The summed E-state index contributed by atoms with van der Waals surface area (Å²) >= 11 is 6.07. The quantitative estimate of drug-likeness (QED) is 0.247. The lowest BCUT2D eigenvalue weighted by molar-refractivity contribution is -0.153. The van der Waals surface area contributed by atoms with Gasteiger partial charge in [-0.1, -0.05) is 11.6 Å². The van der Waals surface area contributed by atoms with Gasteiger partial charge in [0.2, 0.25) is 0 Å². The number of nitrogens with zero attached hydrogens (tertiary/aromatic N) is 3. The molecule has 2 aromatic carbocycles. The zero-order valence-electron chi connectivity index (χ0n) is 20.1. The molecule has 0 bridgehead atoms. The van der Waals surface area contributed by atoms with Gasteiger partial charge in [-0.3, -0.25) is 0 Å². The molecule has 200 valence electrons. The zero-order valence-corrected chi connectivity index (χ0v) is 20.8. The monoisotopic (exact) mass is 552 g/mol. The van der Waals surface area contributed by atoms with Gasteiger partial charge in [0.05, 0.1) is 23.3 Å². The summed E-state index contributed by atoms with van der Waals surface area (Å²) in [4.78, 5) is 19.8. The Morgan fingerprint density at radius 2 is 1.89 bits per heavy atom. The number of alkyl halides is 3. The summed E-state index contributed by atoms with van der Waals surface area (Å²) in [5.41, 5.74) is 1.48. The number of ether oxygens (including phenoxy) is 2. The molecule has 0 spiro atoms. The van der Waals surface area contributed by atoms with E-state index in [0.717, 1.165) is 17.1 Å². The van der Waals surface area contributed by atoms with Crippen LogP contribution in [0.15, 0.2) is 42.7 Å². The fraction of sp³-hybridized carbons (Fsp3) is 0.240. The van der Waals surface area contributed by atoms with Crippen molar-refractivity contribution in [2.24, 2.45) is 0 Å². The van der Waals surface area contributed by atoms with Crippen LogP contribution in [0.2, 0.25) is 5.02 Å². The van der Waals surface area contributed by atoms with E-state index in [1.165, 1.54) is 37.7 Å². The van der Waals surface area contributed by atoms with Crippen molar-refractivity contribution in [1.29, 1.82) is 0 Å². The highest BCUT2D eigenvalue weighted by atomic mass is 35.5. The Balaban J connectivity index is 1.55. The van der Waals surface area contributed by atoms with Crippen molar-refractivity contribution in [1.82, 2.24) is 14.5 Å². The van der Waals surface area contributed by atoms with Gasteiger partial charge in [-0.2, -0.15) is 13.2 Å². The largest absolute Gasteiger partial charge is 0.496 e. The summed E-state index contributed by atoms with van der Waals surface area (Å²) in [6, 6.07) is 8.58. The average molecular weight is 553 g/mol. The SMILES string of the molecule is COc1cc(F)cc2c1cc(C)n2CCNc1cc(-c2cc(Cl)c(C(=O)O)c(OCC(F)(F)F)c2)ncn1. The standard InChI is InChI=1S/C25H21ClF4N4O4/c1-13-5-16-19(8-15(27)9-20(16)37-2)34(13)4-3-31-22-10-18(32-12-33-22)14-6-17(26)23(24(35)36)21(7-14)38-11-25(28,29)30/h5-10,12H,3-4,11H2,1-2H3,(H,35,36)(H,31,32,33). The minimum absolute atomic E-state index is 0.234. The third-order valence-corrected chi connectivity index (χ3v) is 5.94. The normalized spacial score (nSPS) is 11.6. The summed E-state index contributed by atoms with van der Waals surface area (Å²) in [5, 5.41) is 13.0.